The molecule has 2 aromatic carbocycles. The fraction of sp³-hybridized carbons (Fsp3) is 0.118. The van der Waals surface area contributed by atoms with Crippen LogP contribution in [0.15, 0.2) is 52.1 Å². The van der Waals surface area contributed by atoms with Gasteiger partial charge in [-0.15, -0.1) is 10.2 Å². The van der Waals surface area contributed by atoms with E-state index in [-0.39, 0.29) is 11.7 Å². The first-order valence-corrected chi connectivity index (χ1v) is 9.45. The van der Waals surface area contributed by atoms with Crippen molar-refractivity contribution in [2.75, 3.05) is 11.1 Å². The van der Waals surface area contributed by atoms with Crippen LogP contribution >= 0.6 is 23.5 Å². The summed E-state index contributed by atoms with van der Waals surface area (Å²) in [4.78, 5) is 12.2. The molecule has 4 aromatic rings. The molecule has 0 aliphatic carbocycles. The van der Waals surface area contributed by atoms with E-state index in [4.69, 9.17) is 4.42 Å². The number of aryl methyl sites for hydroxylation is 1. The van der Waals surface area contributed by atoms with Crippen molar-refractivity contribution in [3.63, 3.8) is 0 Å². The number of fused-ring (bicyclic) bond motifs is 1. The van der Waals surface area contributed by atoms with Crippen LogP contribution in [0.2, 0.25) is 0 Å². The SMILES string of the molecule is Cc1ccc(-c2nnc(SCC(=O)Nc3cccc4nsnc34)o2)cc1. The number of amides is 1. The number of thioether (sulfide) groups is 1. The molecule has 1 N–H and O–H groups in total. The van der Waals surface area contributed by atoms with E-state index >= 15 is 0 Å². The van der Waals surface area contributed by atoms with Crippen molar-refractivity contribution in [3.05, 3.63) is 48.0 Å². The Balaban J connectivity index is 1.39. The molecule has 0 radical (unpaired) electrons. The van der Waals surface area contributed by atoms with Gasteiger partial charge in [0.2, 0.25) is 11.8 Å². The Labute approximate surface area is 157 Å². The Morgan fingerprint density at radius 1 is 1.15 bits per heavy atom. The standard InChI is InChI=1S/C17H13N5O2S2/c1-10-5-7-11(8-6-10)16-19-20-17(24-16)25-9-14(23)18-12-3-2-4-13-15(12)22-26-21-13/h2-8H,9H2,1H3,(H,18,23). The van der Waals surface area contributed by atoms with E-state index < -0.39 is 0 Å². The molecule has 4 rings (SSSR count). The molecule has 130 valence electrons. The fourth-order valence-corrected chi connectivity index (χ4v) is 3.41. The molecule has 26 heavy (non-hydrogen) atoms. The monoisotopic (exact) mass is 383 g/mol. The van der Waals surface area contributed by atoms with Gasteiger partial charge in [-0.1, -0.05) is 35.5 Å². The van der Waals surface area contributed by atoms with E-state index in [1.165, 1.54) is 11.8 Å². The molecular weight excluding hydrogens is 370 g/mol. The van der Waals surface area contributed by atoms with Gasteiger partial charge in [-0.25, -0.2) is 0 Å². The summed E-state index contributed by atoms with van der Waals surface area (Å²) < 4.78 is 14.0. The van der Waals surface area contributed by atoms with E-state index in [9.17, 15) is 4.79 Å². The van der Waals surface area contributed by atoms with Gasteiger partial charge < -0.3 is 9.73 Å². The van der Waals surface area contributed by atoms with Gasteiger partial charge in [0, 0.05) is 5.56 Å². The summed E-state index contributed by atoms with van der Waals surface area (Å²) in [6.07, 6.45) is 0. The van der Waals surface area contributed by atoms with Gasteiger partial charge in [0.25, 0.3) is 5.22 Å². The quantitative estimate of drug-likeness (QED) is 0.524. The Kier molecular flexibility index (Phi) is 4.63. The number of rotatable bonds is 5. The number of carbonyl (C=O) groups is 1. The third-order valence-electron chi connectivity index (χ3n) is 3.59. The minimum atomic E-state index is -0.175. The first-order valence-electron chi connectivity index (χ1n) is 7.73. The van der Waals surface area contributed by atoms with Crippen molar-refractivity contribution in [1.29, 1.82) is 0 Å². The molecule has 0 saturated carbocycles. The normalized spacial score (nSPS) is 11.0. The van der Waals surface area contributed by atoms with E-state index in [1.807, 2.05) is 43.3 Å². The molecule has 0 aliphatic heterocycles. The summed E-state index contributed by atoms with van der Waals surface area (Å²) in [7, 11) is 0. The van der Waals surface area contributed by atoms with Crippen LogP contribution in [0, 0.1) is 6.92 Å². The van der Waals surface area contributed by atoms with Crippen molar-refractivity contribution in [2.24, 2.45) is 0 Å². The Morgan fingerprint density at radius 2 is 2.00 bits per heavy atom. The minimum Gasteiger partial charge on any atom is -0.411 e. The molecule has 2 aromatic heterocycles. The Hall–Kier alpha value is -2.78. The average Bonchev–Trinajstić information content (AvgIpc) is 3.30. The molecule has 1 amide bonds. The van der Waals surface area contributed by atoms with Crippen molar-refractivity contribution < 1.29 is 9.21 Å². The van der Waals surface area contributed by atoms with Gasteiger partial charge in [-0.05, 0) is 31.2 Å². The van der Waals surface area contributed by atoms with E-state index in [0.717, 1.165) is 28.4 Å². The molecule has 0 saturated heterocycles. The Morgan fingerprint density at radius 3 is 2.85 bits per heavy atom. The highest BCUT2D eigenvalue weighted by molar-refractivity contribution is 7.99. The summed E-state index contributed by atoms with van der Waals surface area (Å²) in [5.41, 5.74) is 4.11. The number of anilines is 1. The first kappa shape index (κ1) is 16.7. The number of nitrogens with zero attached hydrogens (tertiary/aromatic N) is 4. The number of benzene rings is 2. The maximum Gasteiger partial charge on any atom is 0.277 e. The average molecular weight is 383 g/mol. The van der Waals surface area contributed by atoms with Gasteiger partial charge in [0.1, 0.15) is 11.0 Å². The van der Waals surface area contributed by atoms with Crippen LogP contribution in [0.4, 0.5) is 5.69 Å². The molecule has 0 spiro atoms. The molecule has 9 heteroatoms. The minimum absolute atomic E-state index is 0.156. The van der Waals surface area contributed by atoms with Gasteiger partial charge in [0.05, 0.1) is 23.2 Å². The van der Waals surface area contributed by atoms with E-state index in [2.05, 4.69) is 24.3 Å². The smallest absolute Gasteiger partial charge is 0.277 e. The molecule has 0 bridgehead atoms. The van der Waals surface area contributed by atoms with Crippen LogP contribution in [-0.4, -0.2) is 30.6 Å². The number of nitrogens with one attached hydrogen (secondary N) is 1. The number of hydrogen-bond acceptors (Lipinski definition) is 8. The van der Waals surface area contributed by atoms with Gasteiger partial charge in [-0.3, -0.25) is 4.79 Å². The first-order chi connectivity index (χ1) is 12.7. The zero-order valence-electron chi connectivity index (χ0n) is 13.7. The summed E-state index contributed by atoms with van der Waals surface area (Å²) in [6.45, 7) is 2.01. The van der Waals surface area contributed by atoms with Gasteiger partial charge in [0.15, 0.2) is 0 Å². The molecule has 2 heterocycles. The zero-order chi connectivity index (χ0) is 17.9. The maximum atomic E-state index is 12.2. The summed E-state index contributed by atoms with van der Waals surface area (Å²) in [5, 5.41) is 11.2. The lowest BCUT2D eigenvalue weighted by Gasteiger charge is -2.04. The lowest BCUT2D eigenvalue weighted by Crippen LogP contribution is -2.14. The number of aromatic nitrogens is 4. The van der Waals surface area contributed by atoms with Crippen molar-refractivity contribution in [3.8, 4) is 11.5 Å². The molecule has 0 aliphatic rings. The largest absolute Gasteiger partial charge is 0.411 e. The third-order valence-corrected chi connectivity index (χ3v) is 4.95. The zero-order valence-corrected chi connectivity index (χ0v) is 15.3. The van der Waals surface area contributed by atoms with Crippen molar-refractivity contribution in [1.82, 2.24) is 18.9 Å². The highest BCUT2D eigenvalue weighted by Crippen LogP contribution is 2.24. The number of carbonyl (C=O) groups excluding carboxylic acids is 1. The second-order valence-electron chi connectivity index (χ2n) is 5.51. The van der Waals surface area contributed by atoms with Crippen molar-refractivity contribution in [2.45, 2.75) is 12.1 Å². The second kappa shape index (κ2) is 7.22. The van der Waals surface area contributed by atoms with E-state index in [1.54, 1.807) is 6.07 Å². The predicted molar refractivity (Wildman–Crippen MR) is 101 cm³/mol. The number of hydrogen-bond donors (Lipinski definition) is 1. The fourth-order valence-electron chi connectivity index (χ4n) is 2.30. The maximum absolute atomic E-state index is 12.2. The topological polar surface area (TPSA) is 93.8 Å². The van der Waals surface area contributed by atoms with Crippen LogP contribution in [0.1, 0.15) is 5.56 Å². The van der Waals surface area contributed by atoms with Crippen LogP contribution in [0.5, 0.6) is 0 Å². The molecule has 0 atom stereocenters. The molecule has 0 unspecified atom stereocenters. The molecule has 7 nitrogen and oxygen atoms in total. The summed E-state index contributed by atoms with van der Waals surface area (Å²) in [5.74, 6) is 0.417. The lowest BCUT2D eigenvalue weighted by molar-refractivity contribution is -0.113. The molecule has 0 fully saturated rings. The van der Waals surface area contributed by atoms with Crippen LogP contribution in [0.3, 0.4) is 0 Å². The summed E-state index contributed by atoms with van der Waals surface area (Å²) >= 11 is 2.30. The van der Waals surface area contributed by atoms with Crippen LogP contribution in [0.25, 0.3) is 22.5 Å². The van der Waals surface area contributed by atoms with Gasteiger partial charge in [-0.2, -0.15) is 8.75 Å². The predicted octanol–water partition coefficient (Wildman–Crippen LogP) is 3.78. The summed E-state index contributed by atoms with van der Waals surface area (Å²) in [6, 6.07) is 13.3. The van der Waals surface area contributed by atoms with Crippen LogP contribution in [-0.2, 0) is 4.79 Å². The third kappa shape index (κ3) is 3.58. The van der Waals surface area contributed by atoms with Gasteiger partial charge >= 0.3 is 0 Å². The highest BCUT2D eigenvalue weighted by Gasteiger charge is 2.13. The highest BCUT2D eigenvalue weighted by atomic mass is 32.2. The Bertz CT molecular complexity index is 1060. The lowest BCUT2D eigenvalue weighted by atomic mass is 10.1. The van der Waals surface area contributed by atoms with Crippen LogP contribution < -0.4 is 5.32 Å². The van der Waals surface area contributed by atoms with Crippen molar-refractivity contribution >= 4 is 46.1 Å². The van der Waals surface area contributed by atoms with E-state index in [0.29, 0.717) is 22.3 Å². The second-order valence-corrected chi connectivity index (χ2v) is 6.97. The molecular formula is C17H13N5O2S2.